The molecule has 1 aromatic heterocycles. The van der Waals surface area contributed by atoms with E-state index in [-0.39, 0.29) is 5.82 Å². The van der Waals surface area contributed by atoms with Crippen molar-refractivity contribution in [3.05, 3.63) is 28.4 Å². The van der Waals surface area contributed by atoms with Crippen molar-refractivity contribution in [2.75, 3.05) is 44.2 Å². The summed E-state index contributed by atoms with van der Waals surface area (Å²) in [6, 6.07) is 4.18. The third-order valence-electron chi connectivity index (χ3n) is 3.87. The Morgan fingerprint density at radius 1 is 1.32 bits per heavy atom. The molecule has 19 heavy (non-hydrogen) atoms. The maximum absolute atomic E-state index is 11.0. The summed E-state index contributed by atoms with van der Waals surface area (Å²) < 4.78 is 0. The second kappa shape index (κ2) is 5.10. The smallest absolute Gasteiger partial charge is 0.362 e. The summed E-state index contributed by atoms with van der Waals surface area (Å²) in [6.45, 7) is 5.68. The van der Waals surface area contributed by atoms with Crippen molar-refractivity contribution in [3.8, 4) is 0 Å². The third kappa shape index (κ3) is 2.39. The van der Waals surface area contributed by atoms with Crippen LogP contribution < -0.4 is 10.2 Å². The van der Waals surface area contributed by atoms with Crippen molar-refractivity contribution < 1.29 is 4.92 Å². The largest absolute Gasteiger partial charge is 0.387 e. The third-order valence-corrected chi connectivity index (χ3v) is 3.87. The maximum atomic E-state index is 11.0. The van der Waals surface area contributed by atoms with Crippen LogP contribution in [0, 0.1) is 10.1 Å². The lowest BCUT2D eigenvalue weighted by atomic mass is 10.1. The first-order valence-corrected chi connectivity index (χ1v) is 6.55. The molecule has 0 radical (unpaired) electrons. The number of hydrogen-bond donors (Lipinski definition) is 1. The van der Waals surface area contributed by atoms with Gasteiger partial charge in [-0.05, 0) is 22.0 Å². The Morgan fingerprint density at radius 3 is 2.63 bits per heavy atom. The van der Waals surface area contributed by atoms with Gasteiger partial charge in [-0.2, -0.15) is 0 Å². The Bertz CT molecular complexity index is 469. The molecule has 3 rings (SSSR count). The predicted octanol–water partition coefficient (Wildman–Crippen LogP) is 0.0836. The summed E-state index contributed by atoms with van der Waals surface area (Å²) in [7, 11) is 0. The zero-order valence-electron chi connectivity index (χ0n) is 10.7. The molecule has 0 saturated carbocycles. The molecule has 0 bridgehead atoms. The van der Waals surface area contributed by atoms with Crippen LogP contribution in [-0.2, 0) is 0 Å². The van der Waals surface area contributed by atoms with Crippen molar-refractivity contribution in [1.29, 1.82) is 0 Å². The molecule has 0 spiro atoms. The number of pyridine rings is 1. The second-order valence-corrected chi connectivity index (χ2v) is 4.94. The molecule has 2 fully saturated rings. The summed E-state index contributed by atoms with van der Waals surface area (Å²) in [4.78, 5) is 19.0. The highest BCUT2D eigenvalue weighted by Crippen LogP contribution is 2.26. The van der Waals surface area contributed by atoms with Gasteiger partial charge in [-0.15, -0.1) is 0 Å². The van der Waals surface area contributed by atoms with Gasteiger partial charge in [0, 0.05) is 45.3 Å². The first-order valence-electron chi connectivity index (χ1n) is 6.55. The second-order valence-electron chi connectivity index (χ2n) is 4.94. The SMILES string of the molecule is O=[N+]([O-])c1ncccc1N1CCN(C2CNC2)CC1. The van der Waals surface area contributed by atoms with Crippen LogP contribution in [0.15, 0.2) is 18.3 Å². The fraction of sp³-hybridized carbons (Fsp3) is 0.583. The Kier molecular flexibility index (Phi) is 3.31. The van der Waals surface area contributed by atoms with E-state index < -0.39 is 4.92 Å². The Hall–Kier alpha value is -1.73. The number of piperazine rings is 1. The topological polar surface area (TPSA) is 74.5 Å². The number of nitrogens with zero attached hydrogens (tertiary/aromatic N) is 4. The highest BCUT2D eigenvalue weighted by atomic mass is 16.6. The maximum Gasteiger partial charge on any atom is 0.387 e. The molecular formula is C12H17N5O2. The minimum atomic E-state index is -0.405. The molecular weight excluding hydrogens is 246 g/mol. The molecule has 0 amide bonds. The first kappa shape index (κ1) is 12.3. The van der Waals surface area contributed by atoms with Crippen molar-refractivity contribution in [1.82, 2.24) is 15.2 Å². The molecule has 0 unspecified atom stereocenters. The zero-order valence-corrected chi connectivity index (χ0v) is 10.7. The Morgan fingerprint density at radius 2 is 2.05 bits per heavy atom. The predicted molar refractivity (Wildman–Crippen MR) is 71.3 cm³/mol. The van der Waals surface area contributed by atoms with Crippen LogP contribution >= 0.6 is 0 Å². The number of nitrogens with one attached hydrogen (secondary N) is 1. The highest BCUT2D eigenvalue weighted by molar-refractivity contribution is 5.59. The summed E-state index contributed by atoms with van der Waals surface area (Å²) in [5, 5.41) is 14.3. The van der Waals surface area contributed by atoms with Gasteiger partial charge in [-0.3, -0.25) is 4.90 Å². The fourth-order valence-corrected chi connectivity index (χ4v) is 2.64. The van der Waals surface area contributed by atoms with Crippen molar-refractivity contribution in [2.45, 2.75) is 6.04 Å². The molecule has 0 atom stereocenters. The van der Waals surface area contributed by atoms with E-state index in [0.717, 1.165) is 39.3 Å². The van der Waals surface area contributed by atoms with E-state index in [1.165, 1.54) is 6.20 Å². The van der Waals surface area contributed by atoms with E-state index in [2.05, 4.69) is 20.1 Å². The van der Waals surface area contributed by atoms with Crippen LogP contribution in [0.5, 0.6) is 0 Å². The quantitative estimate of drug-likeness (QED) is 0.615. The molecule has 2 aliphatic heterocycles. The van der Waals surface area contributed by atoms with Crippen LogP contribution in [0.25, 0.3) is 0 Å². The van der Waals surface area contributed by atoms with Crippen LogP contribution in [0.3, 0.4) is 0 Å². The summed E-state index contributed by atoms with van der Waals surface area (Å²) in [5.41, 5.74) is 0.638. The molecule has 0 aliphatic carbocycles. The zero-order chi connectivity index (χ0) is 13.2. The average molecular weight is 263 g/mol. The fourth-order valence-electron chi connectivity index (χ4n) is 2.64. The Labute approximate surface area is 111 Å². The van der Waals surface area contributed by atoms with Gasteiger partial charge in [0.1, 0.15) is 11.9 Å². The normalized spacial score (nSPS) is 21.2. The van der Waals surface area contributed by atoms with Gasteiger partial charge in [0.05, 0.1) is 0 Å². The van der Waals surface area contributed by atoms with Crippen LogP contribution in [0.2, 0.25) is 0 Å². The number of nitro groups is 1. The first-order chi connectivity index (χ1) is 9.25. The van der Waals surface area contributed by atoms with E-state index in [1.807, 2.05) is 0 Å². The minimum absolute atomic E-state index is 0.0405. The Balaban J connectivity index is 1.69. The molecule has 102 valence electrons. The van der Waals surface area contributed by atoms with Gasteiger partial charge in [-0.1, -0.05) is 0 Å². The lowest BCUT2D eigenvalue weighted by Gasteiger charge is -2.43. The van der Waals surface area contributed by atoms with Crippen LogP contribution in [0.4, 0.5) is 11.5 Å². The summed E-state index contributed by atoms with van der Waals surface area (Å²) >= 11 is 0. The van der Waals surface area contributed by atoms with Crippen molar-refractivity contribution >= 4 is 11.5 Å². The number of aromatic nitrogens is 1. The molecule has 1 N–H and O–H groups in total. The van der Waals surface area contributed by atoms with Gasteiger partial charge in [0.2, 0.25) is 0 Å². The van der Waals surface area contributed by atoms with Gasteiger partial charge < -0.3 is 20.3 Å². The van der Waals surface area contributed by atoms with E-state index in [4.69, 9.17) is 0 Å². The van der Waals surface area contributed by atoms with Crippen LogP contribution in [-0.4, -0.2) is 60.1 Å². The number of hydrogen-bond acceptors (Lipinski definition) is 6. The average Bonchev–Trinajstić information content (AvgIpc) is 2.37. The highest BCUT2D eigenvalue weighted by Gasteiger charge is 2.29. The van der Waals surface area contributed by atoms with E-state index in [1.54, 1.807) is 12.1 Å². The van der Waals surface area contributed by atoms with E-state index >= 15 is 0 Å². The molecule has 2 aliphatic rings. The standard InChI is InChI=1S/C12H17N5O2/c18-17(19)12-11(2-1-3-14-12)16-6-4-15(5-7-16)10-8-13-9-10/h1-3,10,13H,4-9H2. The minimum Gasteiger partial charge on any atom is -0.362 e. The summed E-state index contributed by atoms with van der Waals surface area (Å²) in [6.07, 6.45) is 1.47. The lowest BCUT2D eigenvalue weighted by molar-refractivity contribution is -0.388. The van der Waals surface area contributed by atoms with Crippen molar-refractivity contribution in [2.24, 2.45) is 0 Å². The molecule has 2 saturated heterocycles. The summed E-state index contributed by atoms with van der Waals surface area (Å²) in [5.74, 6) is -0.0405. The molecule has 7 heteroatoms. The molecule has 0 aromatic carbocycles. The molecule has 3 heterocycles. The van der Waals surface area contributed by atoms with E-state index in [0.29, 0.717) is 11.7 Å². The molecule has 7 nitrogen and oxygen atoms in total. The number of anilines is 1. The van der Waals surface area contributed by atoms with Gasteiger partial charge in [0.15, 0.2) is 0 Å². The van der Waals surface area contributed by atoms with Crippen LogP contribution in [0.1, 0.15) is 0 Å². The van der Waals surface area contributed by atoms with Gasteiger partial charge in [-0.25, -0.2) is 0 Å². The lowest BCUT2D eigenvalue weighted by Crippen LogP contribution is -2.61. The number of rotatable bonds is 3. The molecule has 1 aromatic rings. The monoisotopic (exact) mass is 263 g/mol. The van der Waals surface area contributed by atoms with Crippen molar-refractivity contribution in [3.63, 3.8) is 0 Å². The van der Waals surface area contributed by atoms with E-state index in [9.17, 15) is 10.1 Å². The van der Waals surface area contributed by atoms with Gasteiger partial charge >= 0.3 is 5.82 Å². The van der Waals surface area contributed by atoms with Gasteiger partial charge in [0.25, 0.3) is 0 Å².